The molecule has 2 aromatic carbocycles. The SMILES string of the molecule is C[C@H](Nc1nc2ccccc2s1)C(=O)N/N=C\c1c(Cl)cccc1Cl. The van der Waals surface area contributed by atoms with Crippen LogP contribution in [0.25, 0.3) is 10.2 Å². The normalized spacial score (nSPS) is 12.4. The van der Waals surface area contributed by atoms with Gasteiger partial charge in [-0.15, -0.1) is 0 Å². The smallest absolute Gasteiger partial charge is 0.262 e. The molecule has 1 amide bonds. The van der Waals surface area contributed by atoms with Crippen molar-refractivity contribution in [1.82, 2.24) is 10.4 Å². The van der Waals surface area contributed by atoms with Crippen LogP contribution in [0.15, 0.2) is 47.6 Å². The van der Waals surface area contributed by atoms with Crippen LogP contribution in [0.2, 0.25) is 10.0 Å². The quantitative estimate of drug-likeness (QED) is 0.494. The molecule has 0 aliphatic rings. The van der Waals surface area contributed by atoms with Gasteiger partial charge in [0.1, 0.15) is 6.04 Å². The van der Waals surface area contributed by atoms with E-state index in [9.17, 15) is 4.79 Å². The third-order valence-corrected chi connectivity index (χ3v) is 5.02. The topological polar surface area (TPSA) is 66.4 Å². The minimum Gasteiger partial charge on any atom is -0.350 e. The molecule has 5 nitrogen and oxygen atoms in total. The Morgan fingerprint density at radius 2 is 1.92 bits per heavy atom. The van der Waals surface area contributed by atoms with Gasteiger partial charge in [0.2, 0.25) is 0 Å². The monoisotopic (exact) mass is 392 g/mol. The van der Waals surface area contributed by atoms with E-state index >= 15 is 0 Å². The van der Waals surface area contributed by atoms with E-state index in [4.69, 9.17) is 23.2 Å². The number of fused-ring (bicyclic) bond motifs is 1. The lowest BCUT2D eigenvalue weighted by atomic mass is 10.2. The molecular formula is C17H14Cl2N4OS. The van der Waals surface area contributed by atoms with Crippen molar-refractivity contribution in [3.05, 3.63) is 58.1 Å². The summed E-state index contributed by atoms with van der Waals surface area (Å²) in [4.78, 5) is 16.6. The summed E-state index contributed by atoms with van der Waals surface area (Å²) in [6.07, 6.45) is 1.42. The fraction of sp³-hybridized carbons (Fsp3) is 0.118. The van der Waals surface area contributed by atoms with Gasteiger partial charge in [0.05, 0.1) is 26.5 Å². The van der Waals surface area contributed by atoms with Crippen molar-refractivity contribution in [1.29, 1.82) is 0 Å². The van der Waals surface area contributed by atoms with Gasteiger partial charge in [-0.2, -0.15) is 5.10 Å². The number of amides is 1. The standard InChI is InChI=1S/C17H14Cl2N4OS/c1-10(21-17-22-14-7-2-3-8-15(14)25-17)16(24)23-20-9-11-12(18)5-4-6-13(11)19/h2-10H,1H3,(H,21,22)(H,23,24)/b20-9-/t10-/m0/s1. The second-order valence-electron chi connectivity index (χ2n) is 5.22. The number of carbonyl (C=O) groups excluding carboxylic acids is 1. The summed E-state index contributed by atoms with van der Waals surface area (Å²) in [7, 11) is 0. The molecule has 3 aromatic rings. The third kappa shape index (κ3) is 4.28. The summed E-state index contributed by atoms with van der Waals surface area (Å²) >= 11 is 13.6. The van der Waals surface area contributed by atoms with Crippen LogP contribution < -0.4 is 10.7 Å². The van der Waals surface area contributed by atoms with Gasteiger partial charge in [-0.1, -0.05) is 52.7 Å². The average molecular weight is 393 g/mol. The number of halogens is 2. The van der Waals surface area contributed by atoms with Crippen LogP contribution in [0.1, 0.15) is 12.5 Å². The molecule has 0 radical (unpaired) electrons. The van der Waals surface area contributed by atoms with Crippen molar-refractivity contribution < 1.29 is 4.79 Å². The lowest BCUT2D eigenvalue weighted by Crippen LogP contribution is -2.34. The Bertz CT molecular complexity index is 888. The summed E-state index contributed by atoms with van der Waals surface area (Å²) in [6.45, 7) is 1.74. The van der Waals surface area contributed by atoms with Crippen molar-refractivity contribution in [2.75, 3.05) is 5.32 Å². The molecule has 0 aliphatic heterocycles. The largest absolute Gasteiger partial charge is 0.350 e. The van der Waals surface area contributed by atoms with Crippen molar-refractivity contribution in [2.45, 2.75) is 13.0 Å². The van der Waals surface area contributed by atoms with Gasteiger partial charge < -0.3 is 5.32 Å². The highest BCUT2D eigenvalue weighted by atomic mass is 35.5. The Morgan fingerprint density at radius 1 is 1.20 bits per heavy atom. The Morgan fingerprint density at radius 3 is 2.64 bits per heavy atom. The number of nitrogens with zero attached hydrogens (tertiary/aromatic N) is 2. The number of hydrogen-bond donors (Lipinski definition) is 2. The van der Waals surface area contributed by atoms with E-state index in [1.54, 1.807) is 25.1 Å². The highest BCUT2D eigenvalue weighted by molar-refractivity contribution is 7.22. The zero-order valence-corrected chi connectivity index (χ0v) is 15.5. The maximum absolute atomic E-state index is 12.1. The van der Waals surface area contributed by atoms with Crippen LogP contribution in [0.4, 0.5) is 5.13 Å². The van der Waals surface area contributed by atoms with Crippen molar-refractivity contribution in [3.8, 4) is 0 Å². The number of anilines is 1. The first-order chi connectivity index (χ1) is 12.0. The Kier molecular flexibility index (Phi) is 5.53. The third-order valence-electron chi connectivity index (χ3n) is 3.40. The number of nitrogens with one attached hydrogen (secondary N) is 2. The summed E-state index contributed by atoms with van der Waals surface area (Å²) in [5, 5.41) is 8.60. The van der Waals surface area contributed by atoms with Gasteiger partial charge in [-0.25, -0.2) is 10.4 Å². The summed E-state index contributed by atoms with van der Waals surface area (Å²) in [5.41, 5.74) is 3.92. The number of benzene rings is 2. The van der Waals surface area contributed by atoms with E-state index in [-0.39, 0.29) is 5.91 Å². The maximum Gasteiger partial charge on any atom is 0.262 e. The number of thiazole rings is 1. The molecule has 128 valence electrons. The lowest BCUT2D eigenvalue weighted by Gasteiger charge is -2.10. The van der Waals surface area contributed by atoms with Crippen LogP contribution in [0.3, 0.4) is 0 Å². The second kappa shape index (κ2) is 7.82. The van der Waals surface area contributed by atoms with E-state index in [1.807, 2.05) is 24.3 Å². The minimum absolute atomic E-state index is 0.293. The van der Waals surface area contributed by atoms with E-state index < -0.39 is 6.04 Å². The fourth-order valence-corrected chi connectivity index (χ4v) is 3.52. The molecule has 25 heavy (non-hydrogen) atoms. The number of hydrogen-bond acceptors (Lipinski definition) is 5. The van der Waals surface area contributed by atoms with Crippen molar-refractivity contribution in [3.63, 3.8) is 0 Å². The Balaban J connectivity index is 1.61. The van der Waals surface area contributed by atoms with E-state index in [0.717, 1.165) is 10.2 Å². The molecule has 3 rings (SSSR count). The average Bonchev–Trinajstić information content (AvgIpc) is 2.99. The molecule has 1 aromatic heterocycles. The lowest BCUT2D eigenvalue weighted by molar-refractivity contribution is -0.121. The number of hydrazone groups is 1. The van der Waals surface area contributed by atoms with Gasteiger partial charge in [0.15, 0.2) is 5.13 Å². The molecule has 0 fully saturated rings. The van der Waals surface area contributed by atoms with Gasteiger partial charge in [0.25, 0.3) is 5.91 Å². The Hall–Kier alpha value is -2.15. The number of para-hydroxylation sites is 1. The minimum atomic E-state index is -0.501. The molecular weight excluding hydrogens is 379 g/mol. The Labute approximate surface area is 158 Å². The zero-order valence-electron chi connectivity index (χ0n) is 13.2. The van der Waals surface area contributed by atoms with Gasteiger partial charge in [-0.3, -0.25) is 4.79 Å². The zero-order chi connectivity index (χ0) is 17.8. The maximum atomic E-state index is 12.1. The van der Waals surface area contributed by atoms with Gasteiger partial charge in [0, 0.05) is 5.56 Å². The van der Waals surface area contributed by atoms with Gasteiger partial charge in [-0.05, 0) is 31.2 Å². The van der Waals surface area contributed by atoms with Crippen molar-refractivity contribution >= 4 is 62.0 Å². The summed E-state index contributed by atoms with van der Waals surface area (Å²) in [5.74, 6) is -0.293. The predicted octanol–water partition coefficient (Wildman–Crippen LogP) is 4.55. The van der Waals surface area contributed by atoms with Crippen molar-refractivity contribution in [2.24, 2.45) is 5.10 Å². The highest BCUT2D eigenvalue weighted by Gasteiger charge is 2.14. The van der Waals surface area contributed by atoms with E-state index in [1.165, 1.54) is 17.6 Å². The van der Waals surface area contributed by atoms with E-state index in [2.05, 4.69) is 20.8 Å². The van der Waals surface area contributed by atoms with Crippen LogP contribution in [-0.4, -0.2) is 23.1 Å². The fourth-order valence-electron chi connectivity index (χ4n) is 2.08. The molecule has 2 N–H and O–H groups in total. The summed E-state index contributed by atoms with van der Waals surface area (Å²) < 4.78 is 1.06. The molecule has 1 heterocycles. The van der Waals surface area contributed by atoms with Crippen LogP contribution in [0.5, 0.6) is 0 Å². The molecule has 0 saturated heterocycles. The molecule has 0 saturated carbocycles. The first-order valence-electron chi connectivity index (χ1n) is 7.43. The molecule has 1 atom stereocenters. The van der Waals surface area contributed by atoms with Crippen LogP contribution in [-0.2, 0) is 4.79 Å². The molecule has 0 aliphatic carbocycles. The first kappa shape index (κ1) is 17.7. The van der Waals surface area contributed by atoms with Crippen LogP contribution in [0, 0.1) is 0 Å². The molecule has 8 heteroatoms. The molecule has 0 bridgehead atoms. The second-order valence-corrected chi connectivity index (χ2v) is 7.07. The first-order valence-corrected chi connectivity index (χ1v) is 9.01. The number of aromatic nitrogens is 1. The number of rotatable bonds is 5. The summed E-state index contributed by atoms with van der Waals surface area (Å²) in [6, 6.07) is 12.4. The highest BCUT2D eigenvalue weighted by Crippen LogP contribution is 2.26. The predicted molar refractivity (Wildman–Crippen MR) is 105 cm³/mol. The number of carbonyl (C=O) groups is 1. The van der Waals surface area contributed by atoms with Crippen LogP contribution >= 0.6 is 34.5 Å². The van der Waals surface area contributed by atoms with Gasteiger partial charge >= 0.3 is 0 Å². The molecule has 0 spiro atoms. The van der Waals surface area contributed by atoms with E-state index in [0.29, 0.717) is 20.7 Å². The molecule has 0 unspecified atom stereocenters.